The van der Waals surface area contributed by atoms with Crippen molar-refractivity contribution in [3.05, 3.63) is 17.8 Å². The number of primary amides is 2. The van der Waals surface area contributed by atoms with Crippen molar-refractivity contribution in [2.24, 2.45) is 17.4 Å². The van der Waals surface area contributed by atoms with Gasteiger partial charge in [-0.05, 0) is 12.0 Å². The lowest BCUT2D eigenvalue weighted by atomic mass is 10.1. The topological polar surface area (TPSA) is 128 Å². The number of nitrogens with two attached hydrogens (primary N) is 3. The van der Waals surface area contributed by atoms with Crippen LogP contribution in [0, 0.1) is 5.92 Å². The number of nitrogen functional groups attached to an aromatic ring is 1. The Bertz CT molecular complexity index is 487. The van der Waals surface area contributed by atoms with Crippen molar-refractivity contribution in [2.45, 2.75) is 13.8 Å². The molecule has 1 aromatic heterocycles. The molecule has 7 nitrogen and oxygen atoms in total. The molecule has 0 spiro atoms. The van der Waals surface area contributed by atoms with Crippen molar-refractivity contribution < 1.29 is 9.59 Å². The Hall–Kier alpha value is -2.31. The van der Waals surface area contributed by atoms with Gasteiger partial charge in [0.1, 0.15) is 5.82 Å². The van der Waals surface area contributed by atoms with E-state index in [9.17, 15) is 9.59 Å². The molecular formula is C12H19N5O2. The molecule has 0 bridgehead atoms. The highest BCUT2D eigenvalue weighted by Gasteiger charge is 2.19. The Morgan fingerprint density at radius 3 is 2.47 bits per heavy atom. The van der Waals surface area contributed by atoms with E-state index in [-0.39, 0.29) is 18.0 Å². The van der Waals surface area contributed by atoms with Gasteiger partial charge in [0.15, 0.2) is 0 Å². The highest BCUT2D eigenvalue weighted by molar-refractivity contribution is 5.99. The number of pyridine rings is 1. The van der Waals surface area contributed by atoms with E-state index in [1.54, 1.807) is 4.90 Å². The molecule has 0 fully saturated rings. The van der Waals surface area contributed by atoms with Gasteiger partial charge in [0.2, 0.25) is 5.91 Å². The molecule has 104 valence electrons. The molecule has 0 aliphatic rings. The van der Waals surface area contributed by atoms with Crippen molar-refractivity contribution in [3.63, 3.8) is 0 Å². The van der Waals surface area contributed by atoms with E-state index in [4.69, 9.17) is 17.2 Å². The fourth-order valence-electron chi connectivity index (χ4n) is 1.76. The molecule has 2 amide bonds. The van der Waals surface area contributed by atoms with Crippen molar-refractivity contribution >= 4 is 23.3 Å². The number of hydrogen-bond donors (Lipinski definition) is 3. The van der Waals surface area contributed by atoms with E-state index in [0.717, 1.165) is 0 Å². The maximum atomic E-state index is 11.4. The quantitative estimate of drug-likeness (QED) is 0.651. The number of rotatable bonds is 6. The first-order chi connectivity index (χ1) is 8.81. The second-order valence-corrected chi connectivity index (χ2v) is 4.74. The molecule has 0 unspecified atom stereocenters. The summed E-state index contributed by atoms with van der Waals surface area (Å²) in [5.74, 6) is -0.559. The van der Waals surface area contributed by atoms with Gasteiger partial charge in [0, 0.05) is 6.54 Å². The lowest BCUT2D eigenvalue weighted by Gasteiger charge is -2.25. The minimum atomic E-state index is -0.645. The van der Waals surface area contributed by atoms with Crippen LogP contribution in [0.1, 0.15) is 24.2 Å². The van der Waals surface area contributed by atoms with Crippen LogP contribution in [0.5, 0.6) is 0 Å². The lowest BCUT2D eigenvalue weighted by molar-refractivity contribution is -0.116. The first-order valence-electron chi connectivity index (χ1n) is 5.89. The number of nitrogens with zero attached hydrogens (tertiary/aromatic N) is 2. The Morgan fingerprint density at radius 1 is 1.37 bits per heavy atom. The third-order valence-electron chi connectivity index (χ3n) is 2.39. The average molecular weight is 265 g/mol. The Balaban J connectivity index is 3.20. The van der Waals surface area contributed by atoms with Gasteiger partial charge in [0.25, 0.3) is 5.91 Å². The van der Waals surface area contributed by atoms with Crippen LogP contribution in [0.3, 0.4) is 0 Å². The van der Waals surface area contributed by atoms with Crippen LogP contribution < -0.4 is 22.1 Å². The van der Waals surface area contributed by atoms with Crippen LogP contribution in [0.25, 0.3) is 0 Å². The number of aromatic nitrogens is 1. The summed E-state index contributed by atoms with van der Waals surface area (Å²) in [4.78, 5) is 28.3. The van der Waals surface area contributed by atoms with E-state index in [1.165, 1.54) is 12.3 Å². The fourth-order valence-corrected chi connectivity index (χ4v) is 1.76. The van der Waals surface area contributed by atoms with Crippen molar-refractivity contribution in [3.8, 4) is 0 Å². The molecule has 0 atom stereocenters. The fraction of sp³-hybridized carbons (Fsp3) is 0.417. The maximum Gasteiger partial charge on any atom is 0.252 e. The summed E-state index contributed by atoms with van der Waals surface area (Å²) in [6, 6.07) is 1.44. The molecule has 6 N–H and O–H groups in total. The predicted octanol–water partition coefficient (Wildman–Crippen LogP) is -0.290. The van der Waals surface area contributed by atoms with Crippen LogP contribution in [-0.4, -0.2) is 29.9 Å². The van der Waals surface area contributed by atoms with Crippen LogP contribution in [0.4, 0.5) is 11.5 Å². The zero-order valence-electron chi connectivity index (χ0n) is 11.1. The molecule has 1 aromatic rings. The summed E-state index contributed by atoms with van der Waals surface area (Å²) in [6.45, 7) is 4.46. The molecule has 19 heavy (non-hydrogen) atoms. The number of hydrogen-bond acceptors (Lipinski definition) is 5. The number of amides is 2. The zero-order chi connectivity index (χ0) is 14.6. The summed E-state index contributed by atoms with van der Waals surface area (Å²) < 4.78 is 0. The minimum absolute atomic E-state index is 0.0324. The van der Waals surface area contributed by atoms with Gasteiger partial charge < -0.3 is 22.1 Å². The molecule has 0 aliphatic heterocycles. The molecule has 0 aliphatic carbocycles. The first-order valence-corrected chi connectivity index (χ1v) is 5.89. The first kappa shape index (κ1) is 14.7. The summed E-state index contributed by atoms with van der Waals surface area (Å²) in [5, 5.41) is 0. The second-order valence-electron chi connectivity index (χ2n) is 4.74. The SMILES string of the molecule is CC(C)CN(CC(N)=O)c1ncc(N)cc1C(N)=O. The highest BCUT2D eigenvalue weighted by atomic mass is 16.1. The number of carbonyl (C=O) groups is 2. The van der Waals surface area contributed by atoms with Crippen LogP contribution in [0.2, 0.25) is 0 Å². The molecule has 0 aromatic carbocycles. The van der Waals surface area contributed by atoms with E-state index >= 15 is 0 Å². The van der Waals surface area contributed by atoms with E-state index in [0.29, 0.717) is 18.1 Å². The summed E-state index contributed by atoms with van der Waals surface area (Å²) in [7, 11) is 0. The number of anilines is 2. The largest absolute Gasteiger partial charge is 0.397 e. The van der Waals surface area contributed by atoms with Crippen LogP contribution in [-0.2, 0) is 4.79 Å². The summed E-state index contributed by atoms with van der Waals surface area (Å²) in [6.07, 6.45) is 1.41. The lowest BCUT2D eigenvalue weighted by Crippen LogP contribution is -2.38. The average Bonchev–Trinajstić information content (AvgIpc) is 2.26. The summed E-state index contributed by atoms with van der Waals surface area (Å²) >= 11 is 0. The monoisotopic (exact) mass is 265 g/mol. The molecule has 0 radical (unpaired) electrons. The van der Waals surface area contributed by atoms with E-state index < -0.39 is 11.8 Å². The van der Waals surface area contributed by atoms with Gasteiger partial charge in [-0.2, -0.15) is 0 Å². The van der Waals surface area contributed by atoms with Gasteiger partial charge in [-0.3, -0.25) is 9.59 Å². The molecular weight excluding hydrogens is 246 g/mol. The Morgan fingerprint density at radius 2 is 2.00 bits per heavy atom. The second kappa shape index (κ2) is 6.03. The minimum Gasteiger partial charge on any atom is -0.397 e. The van der Waals surface area contributed by atoms with Gasteiger partial charge in [-0.15, -0.1) is 0 Å². The molecule has 0 saturated carbocycles. The van der Waals surface area contributed by atoms with Crippen molar-refractivity contribution in [1.29, 1.82) is 0 Å². The molecule has 1 heterocycles. The van der Waals surface area contributed by atoms with Crippen LogP contribution in [0.15, 0.2) is 12.3 Å². The van der Waals surface area contributed by atoms with E-state index in [2.05, 4.69) is 4.98 Å². The molecule has 1 rings (SSSR count). The van der Waals surface area contributed by atoms with Gasteiger partial charge in [-0.25, -0.2) is 4.98 Å². The van der Waals surface area contributed by atoms with Crippen LogP contribution >= 0.6 is 0 Å². The molecule has 0 saturated heterocycles. The predicted molar refractivity (Wildman–Crippen MR) is 73.4 cm³/mol. The van der Waals surface area contributed by atoms with E-state index in [1.807, 2.05) is 13.8 Å². The van der Waals surface area contributed by atoms with Gasteiger partial charge >= 0.3 is 0 Å². The number of carbonyl (C=O) groups excluding carboxylic acids is 2. The molecule has 7 heteroatoms. The summed E-state index contributed by atoms with van der Waals surface area (Å²) in [5.41, 5.74) is 16.6. The highest BCUT2D eigenvalue weighted by Crippen LogP contribution is 2.20. The standard InChI is InChI=1S/C12H19N5O2/c1-7(2)5-17(6-10(14)18)12-9(11(15)19)3-8(13)4-16-12/h3-4,7H,5-6,13H2,1-2H3,(H2,14,18)(H2,15,19). The van der Waals surface area contributed by atoms with Gasteiger partial charge in [-0.1, -0.05) is 13.8 Å². The smallest absolute Gasteiger partial charge is 0.252 e. The van der Waals surface area contributed by atoms with Crippen molar-refractivity contribution in [1.82, 2.24) is 4.98 Å². The van der Waals surface area contributed by atoms with Crippen molar-refractivity contribution in [2.75, 3.05) is 23.7 Å². The normalized spacial score (nSPS) is 10.5. The third kappa shape index (κ3) is 4.13. The Labute approximate surface area is 111 Å². The van der Waals surface area contributed by atoms with Gasteiger partial charge in [0.05, 0.1) is 24.0 Å². The maximum absolute atomic E-state index is 11.4. The zero-order valence-corrected chi connectivity index (χ0v) is 11.1. The Kier molecular flexibility index (Phi) is 4.68. The third-order valence-corrected chi connectivity index (χ3v) is 2.39.